The molecule has 0 radical (unpaired) electrons. The average molecular weight is 367 g/mol. The molecule has 0 atom stereocenters. The summed E-state index contributed by atoms with van der Waals surface area (Å²) in [5, 5.41) is 11.3. The van der Waals surface area contributed by atoms with Crippen molar-refractivity contribution in [1.82, 2.24) is 25.2 Å². The Bertz CT molecular complexity index is 895. The summed E-state index contributed by atoms with van der Waals surface area (Å²) in [7, 11) is 0. The number of hydrogen-bond acceptors (Lipinski definition) is 5. The second kappa shape index (κ2) is 8.62. The van der Waals surface area contributed by atoms with Gasteiger partial charge in [0.1, 0.15) is 0 Å². The molecule has 0 spiro atoms. The molecule has 3 rings (SSSR count). The molecule has 7 nitrogen and oxygen atoms in total. The molecule has 2 heterocycles. The summed E-state index contributed by atoms with van der Waals surface area (Å²) in [5.41, 5.74) is 4.24. The molecule has 2 aromatic heterocycles. The van der Waals surface area contributed by atoms with Gasteiger partial charge in [0.25, 0.3) is 0 Å². The third-order valence-electron chi connectivity index (χ3n) is 4.32. The number of carbonyl (C=O) groups excluding carboxylic acids is 1. The molecular weight excluding hydrogens is 342 g/mol. The van der Waals surface area contributed by atoms with E-state index >= 15 is 0 Å². The molecule has 0 fully saturated rings. The molecule has 142 valence electrons. The normalized spacial score (nSPS) is 10.9. The Kier molecular flexibility index (Phi) is 6.01. The van der Waals surface area contributed by atoms with Crippen LogP contribution in [0.4, 0.5) is 0 Å². The lowest BCUT2D eigenvalue weighted by molar-refractivity contribution is -0.121. The summed E-state index contributed by atoms with van der Waals surface area (Å²) < 4.78 is 7.21. The molecule has 0 aliphatic carbocycles. The Morgan fingerprint density at radius 3 is 2.67 bits per heavy atom. The third kappa shape index (κ3) is 5.26. The van der Waals surface area contributed by atoms with Crippen molar-refractivity contribution in [2.75, 3.05) is 6.54 Å². The van der Waals surface area contributed by atoms with Gasteiger partial charge in [0.05, 0.1) is 5.69 Å². The van der Waals surface area contributed by atoms with Crippen LogP contribution in [0.3, 0.4) is 0 Å². The average Bonchev–Trinajstić information content (AvgIpc) is 3.24. The first kappa shape index (κ1) is 18.8. The van der Waals surface area contributed by atoms with E-state index in [1.54, 1.807) is 0 Å². The molecule has 0 unspecified atom stereocenters. The van der Waals surface area contributed by atoms with Crippen LogP contribution in [0.15, 0.2) is 34.9 Å². The number of nitrogens with one attached hydrogen (secondary N) is 1. The zero-order valence-electron chi connectivity index (χ0n) is 16.0. The van der Waals surface area contributed by atoms with Crippen molar-refractivity contribution in [3.8, 4) is 11.4 Å². The van der Waals surface area contributed by atoms with Gasteiger partial charge >= 0.3 is 0 Å². The first-order valence-electron chi connectivity index (χ1n) is 9.18. The first-order chi connectivity index (χ1) is 13.0. The Labute approximate surface area is 158 Å². The Morgan fingerprint density at radius 2 is 1.96 bits per heavy atom. The third-order valence-corrected chi connectivity index (χ3v) is 4.32. The fourth-order valence-corrected chi connectivity index (χ4v) is 2.84. The van der Waals surface area contributed by atoms with Gasteiger partial charge in [-0.05, 0) is 33.3 Å². The Hall–Kier alpha value is -2.96. The van der Waals surface area contributed by atoms with Gasteiger partial charge in [0, 0.05) is 37.2 Å². The van der Waals surface area contributed by atoms with E-state index in [4.69, 9.17) is 4.52 Å². The van der Waals surface area contributed by atoms with Crippen molar-refractivity contribution in [1.29, 1.82) is 0 Å². The molecule has 1 amide bonds. The van der Waals surface area contributed by atoms with E-state index in [0.29, 0.717) is 31.1 Å². The highest BCUT2D eigenvalue weighted by Gasteiger charge is 2.10. The Morgan fingerprint density at radius 1 is 1.19 bits per heavy atom. The van der Waals surface area contributed by atoms with Crippen LogP contribution in [0.2, 0.25) is 0 Å². The highest BCUT2D eigenvalue weighted by molar-refractivity contribution is 5.75. The van der Waals surface area contributed by atoms with Gasteiger partial charge in [-0.15, -0.1) is 0 Å². The number of hydrogen-bond donors (Lipinski definition) is 1. The molecule has 1 aromatic carbocycles. The standard InChI is InChI=1S/C20H25N5O2/c1-14-5-7-17(8-6-14)20-22-19(27-24-20)10-9-18(26)21-11-4-12-25-16(3)13-15(2)23-25/h5-8,13H,4,9-12H2,1-3H3,(H,21,26). The number of rotatable bonds is 8. The highest BCUT2D eigenvalue weighted by Crippen LogP contribution is 2.16. The van der Waals surface area contributed by atoms with E-state index in [0.717, 1.165) is 29.9 Å². The topological polar surface area (TPSA) is 85.8 Å². The van der Waals surface area contributed by atoms with E-state index < -0.39 is 0 Å². The van der Waals surface area contributed by atoms with Crippen molar-refractivity contribution in [3.05, 3.63) is 53.2 Å². The SMILES string of the molecule is Cc1ccc(-c2noc(CCC(=O)NCCCn3nc(C)cc3C)n2)cc1. The minimum absolute atomic E-state index is 0.0153. The van der Waals surface area contributed by atoms with Crippen molar-refractivity contribution in [2.45, 2.75) is 46.6 Å². The zero-order chi connectivity index (χ0) is 19.2. The number of aryl methyl sites for hydroxylation is 5. The summed E-state index contributed by atoms with van der Waals surface area (Å²) in [4.78, 5) is 16.4. The second-order valence-electron chi connectivity index (χ2n) is 6.73. The number of nitrogens with zero attached hydrogens (tertiary/aromatic N) is 4. The van der Waals surface area contributed by atoms with Crippen molar-refractivity contribution >= 4 is 5.91 Å². The lowest BCUT2D eigenvalue weighted by atomic mass is 10.1. The van der Waals surface area contributed by atoms with E-state index in [1.807, 2.05) is 55.8 Å². The van der Waals surface area contributed by atoms with Crippen molar-refractivity contribution in [3.63, 3.8) is 0 Å². The quantitative estimate of drug-likeness (QED) is 0.619. The number of carbonyl (C=O) groups is 1. The largest absolute Gasteiger partial charge is 0.356 e. The smallest absolute Gasteiger partial charge is 0.227 e. The molecule has 0 aliphatic heterocycles. The van der Waals surface area contributed by atoms with Crippen molar-refractivity contribution < 1.29 is 9.32 Å². The van der Waals surface area contributed by atoms with Gasteiger partial charge in [-0.1, -0.05) is 35.0 Å². The van der Waals surface area contributed by atoms with E-state index in [1.165, 1.54) is 5.56 Å². The van der Waals surface area contributed by atoms with Gasteiger partial charge < -0.3 is 9.84 Å². The van der Waals surface area contributed by atoms with Crippen LogP contribution >= 0.6 is 0 Å². The molecule has 0 bridgehead atoms. The van der Waals surface area contributed by atoms with Crippen LogP contribution in [0.1, 0.15) is 35.7 Å². The molecule has 1 N–H and O–H groups in total. The highest BCUT2D eigenvalue weighted by atomic mass is 16.5. The van der Waals surface area contributed by atoms with Crippen molar-refractivity contribution in [2.24, 2.45) is 0 Å². The first-order valence-corrected chi connectivity index (χ1v) is 9.18. The van der Waals surface area contributed by atoms with Crippen LogP contribution in [-0.2, 0) is 17.8 Å². The molecular formula is C20H25N5O2. The summed E-state index contributed by atoms with van der Waals surface area (Å²) >= 11 is 0. The molecule has 0 saturated carbocycles. The van der Waals surface area contributed by atoms with Gasteiger partial charge in [-0.25, -0.2) is 0 Å². The molecule has 0 saturated heterocycles. The maximum atomic E-state index is 12.0. The van der Waals surface area contributed by atoms with Crippen LogP contribution in [0.25, 0.3) is 11.4 Å². The predicted molar refractivity (Wildman–Crippen MR) is 102 cm³/mol. The summed E-state index contributed by atoms with van der Waals surface area (Å²) in [5.74, 6) is 1.01. The van der Waals surface area contributed by atoms with Crippen LogP contribution in [-0.4, -0.2) is 32.4 Å². The lowest BCUT2D eigenvalue weighted by Gasteiger charge is -2.06. The van der Waals surface area contributed by atoms with Crippen LogP contribution in [0.5, 0.6) is 0 Å². The molecule has 3 aromatic rings. The molecule has 27 heavy (non-hydrogen) atoms. The summed E-state index contributed by atoms with van der Waals surface area (Å²) in [6.45, 7) is 7.46. The fraction of sp³-hybridized carbons (Fsp3) is 0.400. The minimum Gasteiger partial charge on any atom is -0.356 e. The predicted octanol–water partition coefficient (Wildman–Crippen LogP) is 3.00. The maximum absolute atomic E-state index is 12.0. The maximum Gasteiger partial charge on any atom is 0.227 e. The molecule has 0 aliphatic rings. The zero-order valence-corrected chi connectivity index (χ0v) is 16.0. The lowest BCUT2D eigenvalue weighted by Crippen LogP contribution is -2.25. The Balaban J connectivity index is 1.39. The van der Waals surface area contributed by atoms with E-state index in [2.05, 4.69) is 20.6 Å². The van der Waals surface area contributed by atoms with Gasteiger partial charge in [-0.3, -0.25) is 9.48 Å². The number of amides is 1. The van der Waals surface area contributed by atoms with Gasteiger partial charge in [0.15, 0.2) is 0 Å². The minimum atomic E-state index is -0.0153. The fourth-order valence-electron chi connectivity index (χ4n) is 2.84. The number of benzene rings is 1. The molecule has 7 heteroatoms. The van der Waals surface area contributed by atoms with Crippen LogP contribution < -0.4 is 5.32 Å². The van der Waals surface area contributed by atoms with Gasteiger partial charge in [0.2, 0.25) is 17.6 Å². The summed E-state index contributed by atoms with van der Waals surface area (Å²) in [6.07, 6.45) is 1.60. The van der Waals surface area contributed by atoms with E-state index in [-0.39, 0.29) is 5.91 Å². The second-order valence-corrected chi connectivity index (χ2v) is 6.73. The number of aromatic nitrogens is 4. The van der Waals surface area contributed by atoms with Gasteiger partial charge in [-0.2, -0.15) is 10.1 Å². The van der Waals surface area contributed by atoms with Crippen LogP contribution in [0, 0.1) is 20.8 Å². The summed E-state index contributed by atoms with van der Waals surface area (Å²) in [6, 6.07) is 9.97. The van der Waals surface area contributed by atoms with E-state index in [9.17, 15) is 4.79 Å². The monoisotopic (exact) mass is 367 g/mol.